The number of rotatable bonds is 4. The van der Waals surface area contributed by atoms with Gasteiger partial charge < -0.3 is 29.9 Å². The number of benzene rings is 1. The SMILES string of the molecule is O=C(O)[C@@H]1O[C@@H](O)[C@H](O)[C@@H](OCc2ccccc2)[C@@H]1O. The van der Waals surface area contributed by atoms with Crippen LogP contribution in [0.15, 0.2) is 30.3 Å². The highest BCUT2D eigenvalue weighted by molar-refractivity contribution is 5.73. The summed E-state index contributed by atoms with van der Waals surface area (Å²) in [6, 6.07) is 8.98. The highest BCUT2D eigenvalue weighted by atomic mass is 16.7. The molecule has 2 rings (SSSR count). The van der Waals surface area contributed by atoms with Crippen molar-refractivity contribution in [1.29, 1.82) is 0 Å². The standard InChI is InChI=1S/C13H16O7/c14-8-10(19-6-7-4-2-1-3-5-7)9(15)13(18)20-11(8)12(16)17/h1-5,8-11,13-15,18H,6H2,(H,16,17)/t8-,9+,10-,11+,13+/m0/s1. The molecule has 0 bridgehead atoms. The minimum Gasteiger partial charge on any atom is -0.479 e. The van der Waals surface area contributed by atoms with Crippen LogP contribution in [0.4, 0.5) is 0 Å². The molecule has 5 atom stereocenters. The van der Waals surface area contributed by atoms with E-state index in [1.165, 1.54) is 0 Å². The van der Waals surface area contributed by atoms with Crippen molar-refractivity contribution in [1.82, 2.24) is 0 Å². The Morgan fingerprint density at radius 3 is 2.40 bits per heavy atom. The van der Waals surface area contributed by atoms with Gasteiger partial charge in [0.15, 0.2) is 12.4 Å². The van der Waals surface area contributed by atoms with Gasteiger partial charge in [0.05, 0.1) is 6.61 Å². The van der Waals surface area contributed by atoms with E-state index in [4.69, 9.17) is 9.84 Å². The largest absolute Gasteiger partial charge is 0.479 e. The fourth-order valence-electron chi connectivity index (χ4n) is 2.02. The Balaban J connectivity index is 2.05. The molecule has 0 amide bonds. The Morgan fingerprint density at radius 1 is 1.15 bits per heavy atom. The maximum Gasteiger partial charge on any atom is 0.335 e. The minimum atomic E-state index is -1.72. The van der Waals surface area contributed by atoms with E-state index < -0.39 is 36.7 Å². The summed E-state index contributed by atoms with van der Waals surface area (Å²) >= 11 is 0. The van der Waals surface area contributed by atoms with Gasteiger partial charge >= 0.3 is 5.97 Å². The van der Waals surface area contributed by atoms with Gasteiger partial charge in [-0.15, -0.1) is 0 Å². The molecule has 0 saturated carbocycles. The third-order valence-corrected chi connectivity index (χ3v) is 3.09. The van der Waals surface area contributed by atoms with E-state index in [2.05, 4.69) is 4.74 Å². The molecule has 1 aromatic carbocycles. The Bertz CT molecular complexity index is 449. The predicted molar refractivity (Wildman–Crippen MR) is 65.5 cm³/mol. The van der Waals surface area contributed by atoms with Crippen molar-refractivity contribution in [3.05, 3.63) is 35.9 Å². The number of aliphatic hydroxyl groups is 3. The van der Waals surface area contributed by atoms with Crippen LogP contribution in [-0.4, -0.2) is 57.1 Å². The van der Waals surface area contributed by atoms with Gasteiger partial charge in [-0.05, 0) is 5.56 Å². The normalized spacial score (nSPS) is 33.9. The maximum atomic E-state index is 10.9. The van der Waals surface area contributed by atoms with Gasteiger partial charge in [-0.3, -0.25) is 0 Å². The predicted octanol–water partition coefficient (Wildman–Crippen LogP) is -0.905. The Kier molecular flexibility index (Phi) is 4.69. The van der Waals surface area contributed by atoms with E-state index in [0.29, 0.717) is 0 Å². The smallest absolute Gasteiger partial charge is 0.335 e. The second-order valence-electron chi connectivity index (χ2n) is 4.53. The zero-order valence-corrected chi connectivity index (χ0v) is 10.5. The van der Waals surface area contributed by atoms with Crippen LogP contribution in [0.5, 0.6) is 0 Å². The van der Waals surface area contributed by atoms with E-state index in [1.54, 1.807) is 24.3 Å². The Hall–Kier alpha value is -1.51. The first-order valence-electron chi connectivity index (χ1n) is 6.08. The van der Waals surface area contributed by atoms with Crippen molar-refractivity contribution >= 4 is 5.97 Å². The molecule has 1 heterocycles. The molecule has 7 heteroatoms. The van der Waals surface area contributed by atoms with E-state index in [9.17, 15) is 20.1 Å². The van der Waals surface area contributed by atoms with Crippen LogP contribution in [0.3, 0.4) is 0 Å². The molecule has 1 aliphatic heterocycles. The van der Waals surface area contributed by atoms with Crippen molar-refractivity contribution < 1.29 is 34.7 Å². The molecule has 20 heavy (non-hydrogen) atoms. The van der Waals surface area contributed by atoms with Gasteiger partial charge in [0.25, 0.3) is 0 Å². The van der Waals surface area contributed by atoms with Crippen LogP contribution in [0.25, 0.3) is 0 Å². The second kappa shape index (κ2) is 6.29. The van der Waals surface area contributed by atoms with Crippen LogP contribution in [0.2, 0.25) is 0 Å². The molecule has 1 aromatic rings. The third kappa shape index (κ3) is 3.14. The summed E-state index contributed by atoms with van der Waals surface area (Å²) in [4.78, 5) is 10.9. The van der Waals surface area contributed by atoms with Crippen LogP contribution in [0.1, 0.15) is 5.56 Å². The summed E-state index contributed by atoms with van der Waals surface area (Å²) in [6.07, 6.45) is -7.71. The van der Waals surface area contributed by atoms with Crippen LogP contribution < -0.4 is 0 Å². The van der Waals surface area contributed by atoms with Gasteiger partial charge in [0.2, 0.25) is 0 Å². The number of aliphatic hydroxyl groups excluding tert-OH is 3. The minimum absolute atomic E-state index is 0.0681. The van der Waals surface area contributed by atoms with Crippen molar-refractivity contribution in [3.63, 3.8) is 0 Å². The van der Waals surface area contributed by atoms with Gasteiger partial charge in [0.1, 0.15) is 18.3 Å². The first-order valence-corrected chi connectivity index (χ1v) is 6.08. The monoisotopic (exact) mass is 284 g/mol. The molecule has 4 N–H and O–H groups in total. The Labute approximate surface area is 115 Å². The fourth-order valence-corrected chi connectivity index (χ4v) is 2.02. The molecule has 1 saturated heterocycles. The highest BCUT2D eigenvalue weighted by Gasteiger charge is 2.47. The lowest BCUT2D eigenvalue weighted by Crippen LogP contribution is -2.60. The first-order chi connectivity index (χ1) is 9.50. The van der Waals surface area contributed by atoms with Gasteiger partial charge in [-0.2, -0.15) is 0 Å². The quantitative estimate of drug-likeness (QED) is 0.566. The number of carboxylic acid groups (broad SMARTS) is 1. The fraction of sp³-hybridized carbons (Fsp3) is 0.462. The van der Waals surface area contributed by atoms with Gasteiger partial charge in [-0.25, -0.2) is 4.79 Å². The summed E-state index contributed by atoms with van der Waals surface area (Å²) in [5, 5.41) is 37.9. The molecule has 1 fully saturated rings. The van der Waals surface area contributed by atoms with Gasteiger partial charge in [-0.1, -0.05) is 30.3 Å². The summed E-state index contributed by atoms with van der Waals surface area (Å²) in [5.41, 5.74) is 0.791. The summed E-state index contributed by atoms with van der Waals surface area (Å²) < 4.78 is 9.97. The molecule has 1 aliphatic rings. The molecule has 0 aliphatic carbocycles. The van der Waals surface area contributed by atoms with Crippen molar-refractivity contribution in [2.75, 3.05) is 0 Å². The van der Waals surface area contributed by atoms with Crippen LogP contribution in [0, 0.1) is 0 Å². The van der Waals surface area contributed by atoms with Crippen molar-refractivity contribution in [2.45, 2.75) is 37.3 Å². The Morgan fingerprint density at radius 2 is 1.80 bits per heavy atom. The molecular formula is C13H16O7. The van der Waals surface area contributed by atoms with E-state index in [1.807, 2.05) is 6.07 Å². The molecular weight excluding hydrogens is 268 g/mol. The summed E-state index contributed by atoms with van der Waals surface area (Å²) in [5.74, 6) is -1.43. The molecule has 0 radical (unpaired) electrons. The van der Waals surface area contributed by atoms with Gasteiger partial charge in [0, 0.05) is 0 Å². The second-order valence-corrected chi connectivity index (χ2v) is 4.53. The average molecular weight is 284 g/mol. The molecule has 0 aromatic heterocycles. The topological polar surface area (TPSA) is 116 Å². The summed E-state index contributed by atoms with van der Waals surface area (Å²) in [6.45, 7) is 0.0681. The van der Waals surface area contributed by atoms with Crippen molar-refractivity contribution in [2.24, 2.45) is 0 Å². The molecule has 110 valence electrons. The zero-order valence-electron chi connectivity index (χ0n) is 10.5. The molecule has 7 nitrogen and oxygen atoms in total. The van der Waals surface area contributed by atoms with E-state index in [0.717, 1.165) is 5.56 Å². The van der Waals surface area contributed by atoms with E-state index >= 15 is 0 Å². The number of hydrogen-bond acceptors (Lipinski definition) is 6. The lowest BCUT2D eigenvalue weighted by atomic mass is 9.98. The first kappa shape index (κ1) is 14.9. The van der Waals surface area contributed by atoms with Crippen molar-refractivity contribution in [3.8, 4) is 0 Å². The van der Waals surface area contributed by atoms with Crippen LogP contribution in [-0.2, 0) is 20.9 Å². The lowest BCUT2D eigenvalue weighted by Gasteiger charge is -2.38. The number of carbonyl (C=O) groups is 1. The number of carboxylic acids is 1. The lowest BCUT2D eigenvalue weighted by molar-refractivity contribution is -0.289. The third-order valence-electron chi connectivity index (χ3n) is 3.09. The average Bonchev–Trinajstić information content (AvgIpc) is 2.43. The zero-order chi connectivity index (χ0) is 14.7. The number of aliphatic carboxylic acids is 1. The highest BCUT2D eigenvalue weighted by Crippen LogP contribution is 2.23. The number of hydrogen-bond donors (Lipinski definition) is 4. The molecule has 0 spiro atoms. The van der Waals surface area contributed by atoms with E-state index in [-0.39, 0.29) is 6.61 Å². The molecule has 0 unspecified atom stereocenters. The number of ether oxygens (including phenoxy) is 2. The maximum absolute atomic E-state index is 10.9. The van der Waals surface area contributed by atoms with Crippen LogP contribution >= 0.6 is 0 Å². The summed E-state index contributed by atoms with van der Waals surface area (Å²) in [7, 11) is 0.